The minimum atomic E-state index is -0.672. The molecular formula is C20H28O6. The van der Waals surface area contributed by atoms with Gasteiger partial charge < -0.3 is 18.9 Å². The number of benzene rings is 1. The largest absolute Gasteiger partial charge is 0.493 e. The van der Waals surface area contributed by atoms with Crippen molar-refractivity contribution >= 4 is 11.9 Å². The molecule has 0 N–H and O–H groups in total. The van der Waals surface area contributed by atoms with E-state index in [9.17, 15) is 9.59 Å². The van der Waals surface area contributed by atoms with Crippen molar-refractivity contribution in [3.8, 4) is 17.2 Å². The monoisotopic (exact) mass is 364 g/mol. The van der Waals surface area contributed by atoms with E-state index in [1.54, 1.807) is 12.1 Å². The smallest absolute Gasteiger partial charge is 0.336 e. The van der Waals surface area contributed by atoms with E-state index in [2.05, 4.69) is 6.92 Å². The van der Waals surface area contributed by atoms with Gasteiger partial charge in [0.1, 0.15) is 5.75 Å². The van der Waals surface area contributed by atoms with Gasteiger partial charge in [0.15, 0.2) is 11.5 Å². The average Bonchev–Trinajstić information content (AvgIpc) is 2.65. The Morgan fingerprint density at radius 2 is 1.54 bits per heavy atom. The zero-order valence-electron chi connectivity index (χ0n) is 15.8. The van der Waals surface area contributed by atoms with Crippen LogP contribution in [0.1, 0.15) is 45.4 Å². The fourth-order valence-electron chi connectivity index (χ4n) is 2.27. The molecule has 0 saturated heterocycles. The summed E-state index contributed by atoms with van der Waals surface area (Å²) in [6.07, 6.45) is 8.80. The van der Waals surface area contributed by atoms with Gasteiger partial charge in [0.25, 0.3) is 0 Å². The number of methoxy groups -OCH3 is 2. The second kappa shape index (κ2) is 12.8. The summed E-state index contributed by atoms with van der Waals surface area (Å²) in [4.78, 5) is 23.3. The first kappa shape index (κ1) is 21.5. The Morgan fingerprint density at radius 1 is 0.885 bits per heavy atom. The molecule has 0 aliphatic rings. The van der Waals surface area contributed by atoms with Gasteiger partial charge in [-0.15, -0.1) is 0 Å². The summed E-state index contributed by atoms with van der Waals surface area (Å²) < 4.78 is 20.4. The molecule has 0 radical (unpaired) electrons. The van der Waals surface area contributed by atoms with Gasteiger partial charge in [-0.3, -0.25) is 0 Å². The molecule has 0 aliphatic carbocycles. The molecule has 0 saturated carbocycles. The van der Waals surface area contributed by atoms with Gasteiger partial charge in [0.2, 0.25) is 0 Å². The molecule has 0 atom stereocenters. The highest BCUT2D eigenvalue weighted by molar-refractivity contribution is 5.92. The molecule has 0 bridgehead atoms. The van der Waals surface area contributed by atoms with Gasteiger partial charge in [-0.1, -0.05) is 39.0 Å². The Balaban J connectivity index is 2.32. The van der Waals surface area contributed by atoms with E-state index in [4.69, 9.17) is 18.9 Å². The second-order valence-corrected chi connectivity index (χ2v) is 5.71. The van der Waals surface area contributed by atoms with Crippen LogP contribution in [0.25, 0.3) is 0 Å². The first-order chi connectivity index (χ1) is 12.6. The van der Waals surface area contributed by atoms with E-state index >= 15 is 0 Å². The SMILES string of the molecule is CCCCCCCCOC(=O)/C=C/C(=O)Oc1ccc(OC)c(OC)c1. The molecule has 0 heterocycles. The molecular weight excluding hydrogens is 336 g/mol. The van der Waals surface area contributed by atoms with Crippen LogP contribution in [-0.4, -0.2) is 32.8 Å². The Labute approximate surface area is 155 Å². The summed E-state index contributed by atoms with van der Waals surface area (Å²) in [5.41, 5.74) is 0. The van der Waals surface area contributed by atoms with E-state index in [0.717, 1.165) is 31.4 Å². The topological polar surface area (TPSA) is 71.1 Å². The van der Waals surface area contributed by atoms with Gasteiger partial charge >= 0.3 is 11.9 Å². The third-order valence-electron chi connectivity index (χ3n) is 3.67. The molecule has 0 fully saturated rings. The Bertz CT molecular complexity index is 594. The van der Waals surface area contributed by atoms with Gasteiger partial charge in [0.05, 0.1) is 20.8 Å². The van der Waals surface area contributed by atoms with Crippen molar-refractivity contribution in [1.29, 1.82) is 0 Å². The lowest BCUT2D eigenvalue weighted by molar-refractivity contribution is -0.138. The lowest BCUT2D eigenvalue weighted by Gasteiger charge is -2.08. The molecule has 6 heteroatoms. The normalized spacial score (nSPS) is 10.6. The summed E-state index contributed by atoms with van der Waals surface area (Å²) in [5, 5.41) is 0. The minimum Gasteiger partial charge on any atom is -0.493 e. The van der Waals surface area contributed by atoms with Crippen molar-refractivity contribution in [3.05, 3.63) is 30.4 Å². The summed E-state index contributed by atoms with van der Waals surface area (Å²) in [5.74, 6) is 0.0375. The van der Waals surface area contributed by atoms with Crippen LogP contribution >= 0.6 is 0 Å². The van der Waals surface area contributed by atoms with Crippen molar-refractivity contribution in [2.75, 3.05) is 20.8 Å². The predicted molar refractivity (Wildman–Crippen MR) is 98.7 cm³/mol. The van der Waals surface area contributed by atoms with E-state index in [0.29, 0.717) is 18.1 Å². The van der Waals surface area contributed by atoms with Crippen LogP contribution in [0.5, 0.6) is 17.2 Å². The van der Waals surface area contributed by atoms with Crippen molar-refractivity contribution in [2.24, 2.45) is 0 Å². The van der Waals surface area contributed by atoms with Crippen molar-refractivity contribution in [3.63, 3.8) is 0 Å². The van der Waals surface area contributed by atoms with Crippen LogP contribution in [0.4, 0.5) is 0 Å². The molecule has 144 valence electrons. The molecule has 1 aromatic rings. The van der Waals surface area contributed by atoms with Crippen molar-refractivity contribution in [1.82, 2.24) is 0 Å². The van der Waals surface area contributed by atoms with Crippen LogP contribution in [0.3, 0.4) is 0 Å². The maximum absolute atomic E-state index is 11.8. The Morgan fingerprint density at radius 3 is 2.23 bits per heavy atom. The number of rotatable bonds is 12. The first-order valence-corrected chi connectivity index (χ1v) is 8.89. The lowest BCUT2D eigenvalue weighted by Crippen LogP contribution is -2.07. The fraction of sp³-hybridized carbons (Fsp3) is 0.500. The second-order valence-electron chi connectivity index (χ2n) is 5.71. The quantitative estimate of drug-likeness (QED) is 0.241. The number of hydrogen-bond acceptors (Lipinski definition) is 6. The number of ether oxygens (including phenoxy) is 4. The number of unbranched alkanes of at least 4 members (excludes halogenated alkanes) is 5. The van der Waals surface area contributed by atoms with Gasteiger partial charge in [0, 0.05) is 18.2 Å². The van der Waals surface area contributed by atoms with E-state index in [1.165, 1.54) is 39.5 Å². The molecule has 26 heavy (non-hydrogen) atoms. The van der Waals surface area contributed by atoms with Crippen LogP contribution in [0.2, 0.25) is 0 Å². The van der Waals surface area contributed by atoms with Crippen LogP contribution in [0, 0.1) is 0 Å². The lowest BCUT2D eigenvalue weighted by atomic mass is 10.1. The number of carbonyl (C=O) groups excluding carboxylic acids is 2. The maximum Gasteiger partial charge on any atom is 0.336 e. The van der Waals surface area contributed by atoms with Gasteiger partial charge in [-0.05, 0) is 18.6 Å². The summed E-state index contributed by atoms with van der Waals surface area (Å²) in [6.45, 7) is 2.53. The van der Waals surface area contributed by atoms with Gasteiger partial charge in [-0.25, -0.2) is 9.59 Å². The standard InChI is InChI=1S/C20H28O6/c1-4-5-6-7-8-9-14-25-19(21)12-13-20(22)26-16-10-11-17(23-2)18(15-16)24-3/h10-13,15H,4-9,14H2,1-3H3/b13-12+. The maximum atomic E-state index is 11.8. The molecule has 1 rings (SSSR count). The summed E-state index contributed by atoms with van der Waals surface area (Å²) >= 11 is 0. The Kier molecular flexibility index (Phi) is 10.6. The molecule has 0 aliphatic heterocycles. The zero-order valence-corrected chi connectivity index (χ0v) is 15.8. The molecule has 1 aromatic carbocycles. The molecule has 0 amide bonds. The molecule has 6 nitrogen and oxygen atoms in total. The number of esters is 2. The summed E-state index contributed by atoms with van der Waals surface area (Å²) in [6, 6.07) is 4.73. The predicted octanol–water partition coefficient (Wildman–Crippen LogP) is 4.07. The van der Waals surface area contributed by atoms with Crippen LogP contribution in [0.15, 0.2) is 30.4 Å². The third kappa shape index (κ3) is 8.55. The van der Waals surface area contributed by atoms with E-state index < -0.39 is 11.9 Å². The third-order valence-corrected chi connectivity index (χ3v) is 3.67. The number of hydrogen-bond donors (Lipinski definition) is 0. The fourth-order valence-corrected chi connectivity index (χ4v) is 2.27. The molecule has 0 aromatic heterocycles. The number of carbonyl (C=O) groups is 2. The molecule has 0 spiro atoms. The highest BCUT2D eigenvalue weighted by Crippen LogP contribution is 2.30. The van der Waals surface area contributed by atoms with E-state index in [1.807, 2.05) is 0 Å². The van der Waals surface area contributed by atoms with Crippen LogP contribution in [-0.2, 0) is 14.3 Å². The van der Waals surface area contributed by atoms with Crippen LogP contribution < -0.4 is 14.2 Å². The van der Waals surface area contributed by atoms with Crippen molar-refractivity contribution < 1.29 is 28.5 Å². The zero-order chi connectivity index (χ0) is 19.2. The highest BCUT2D eigenvalue weighted by Gasteiger charge is 2.08. The van der Waals surface area contributed by atoms with Crippen molar-refractivity contribution in [2.45, 2.75) is 45.4 Å². The van der Waals surface area contributed by atoms with Gasteiger partial charge in [-0.2, -0.15) is 0 Å². The highest BCUT2D eigenvalue weighted by atomic mass is 16.5. The molecule has 0 unspecified atom stereocenters. The minimum absolute atomic E-state index is 0.290. The average molecular weight is 364 g/mol. The van der Waals surface area contributed by atoms with E-state index in [-0.39, 0.29) is 5.75 Å². The first-order valence-electron chi connectivity index (χ1n) is 8.89. The summed E-state index contributed by atoms with van der Waals surface area (Å²) in [7, 11) is 3.01. The Hall–Kier alpha value is -2.50.